The molecular formula is C18H15ClN2O4S. The van der Waals surface area contributed by atoms with Gasteiger partial charge in [0.15, 0.2) is 5.70 Å². The molecule has 1 heterocycles. The molecule has 2 aromatic rings. The molecule has 0 fully saturated rings. The molecule has 3 rings (SSSR count). The zero-order valence-electron chi connectivity index (χ0n) is 14.0. The molecule has 1 aliphatic rings. The summed E-state index contributed by atoms with van der Waals surface area (Å²) in [5.74, 6) is -0.556. The summed E-state index contributed by atoms with van der Waals surface area (Å²) < 4.78 is 30.8. The first-order chi connectivity index (χ1) is 12.3. The van der Waals surface area contributed by atoms with Gasteiger partial charge in [0, 0.05) is 24.7 Å². The fourth-order valence-corrected chi connectivity index (χ4v) is 3.43. The predicted octanol–water partition coefficient (Wildman–Crippen LogP) is 2.93. The van der Waals surface area contributed by atoms with E-state index in [2.05, 4.69) is 4.99 Å². The summed E-state index contributed by atoms with van der Waals surface area (Å²) in [7, 11) is -0.710. The topological polar surface area (TPSA) is 76.0 Å². The maximum atomic E-state index is 12.3. The summed E-state index contributed by atoms with van der Waals surface area (Å²) in [5, 5.41) is 0.538. The van der Waals surface area contributed by atoms with Crippen molar-refractivity contribution in [1.29, 1.82) is 0 Å². The number of halogens is 1. The van der Waals surface area contributed by atoms with E-state index in [4.69, 9.17) is 16.3 Å². The van der Waals surface area contributed by atoms with Gasteiger partial charge in [0.05, 0.1) is 4.90 Å². The molecule has 0 spiro atoms. The lowest BCUT2D eigenvalue weighted by Gasteiger charge is -2.11. The Morgan fingerprint density at radius 3 is 2.54 bits per heavy atom. The van der Waals surface area contributed by atoms with E-state index in [1.165, 1.54) is 26.2 Å². The number of cyclic esters (lactones) is 1. The second kappa shape index (κ2) is 7.03. The van der Waals surface area contributed by atoms with E-state index >= 15 is 0 Å². The van der Waals surface area contributed by atoms with Gasteiger partial charge in [0.25, 0.3) is 0 Å². The molecule has 134 valence electrons. The number of rotatable bonds is 4. The van der Waals surface area contributed by atoms with Crippen LogP contribution in [-0.4, -0.2) is 38.7 Å². The first-order valence-corrected chi connectivity index (χ1v) is 9.40. The number of carbonyl (C=O) groups excluding carboxylic acids is 1. The minimum Gasteiger partial charge on any atom is -0.402 e. The highest BCUT2D eigenvalue weighted by Gasteiger charge is 2.26. The van der Waals surface area contributed by atoms with Gasteiger partial charge in [-0.05, 0) is 42.0 Å². The maximum absolute atomic E-state index is 12.3. The van der Waals surface area contributed by atoms with Crippen LogP contribution < -0.4 is 0 Å². The highest BCUT2D eigenvalue weighted by Crippen LogP contribution is 2.22. The van der Waals surface area contributed by atoms with Gasteiger partial charge < -0.3 is 4.74 Å². The van der Waals surface area contributed by atoms with Gasteiger partial charge in [-0.1, -0.05) is 29.8 Å². The Labute approximate surface area is 156 Å². The summed E-state index contributed by atoms with van der Waals surface area (Å²) in [6.07, 6.45) is 1.56. The number of aliphatic imine (C=N–C) groups is 1. The quantitative estimate of drug-likeness (QED) is 0.594. The monoisotopic (exact) mass is 390 g/mol. The van der Waals surface area contributed by atoms with Crippen molar-refractivity contribution >= 4 is 39.6 Å². The Hall–Kier alpha value is -2.48. The number of benzene rings is 2. The number of sulfonamides is 1. The van der Waals surface area contributed by atoms with Crippen LogP contribution in [0.3, 0.4) is 0 Å². The lowest BCUT2D eigenvalue weighted by atomic mass is 10.2. The van der Waals surface area contributed by atoms with E-state index < -0.39 is 16.0 Å². The van der Waals surface area contributed by atoms with Crippen LogP contribution in [0.5, 0.6) is 0 Å². The van der Waals surface area contributed by atoms with E-state index in [1.54, 1.807) is 42.5 Å². The highest BCUT2D eigenvalue weighted by atomic mass is 35.5. The summed E-state index contributed by atoms with van der Waals surface area (Å²) >= 11 is 5.93. The molecule has 0 saturated heterocycles. The van der Waals surface area contributed by atoms with Crippen molar-refractivity contribution in [3.05, 3.63) is 70.4 Å². The van der Waals surface area contributed by atoms with Crippen molar-refractivity contribution in [3.8, 4) is 0 Å². The Bertz CT molecular complexity index is 1040. The number of carbonyl (C=O) groups is 1. The molecule has 6 nitrogen and oxygen atoms in total. The maximum Gasteiger partial charge on any atom is 0.363 e. The zero-order valence-corrected chi connectivity index (χ0v) is 15.6. The van der Waals surface area contributed by atoms with Crippen LogP contribution >= 0.6 is 11.6 Å². The minimum atomic E-state index is -3.60. The van der Waals surface area contributed by atoms with Crippen LogP contribution in [0.15, 0.2) is 64.1 Å². The molecule has 0 atom stereocenters. The molecule has 8 heteroatoms. The Morgan fingerprint density at radius 2 is 1.85 bits per heavy atom. The lowest BCUT2D eigenvalue weighted by molar-refractivity contribution is -0.129. The van der Waals surface area contributed by atoms with Crippen molar-refractivity contribution in [2.75, 3.05) is 14.1 Å². The minimum absolute atomic E-state index is 0.0547. The van der Waals surface area contributed by atoms with Gasteiger partial charge in [-0.2, -0.15) is 0 Å². The van der Waals surface area contributed by atoms with Crippen LogP contribution in [0.25, 0.3) is 6.08 Å². The molecule has 0 saturated carbocycles. The largest absolute Gasteiger partial charge is 0.402 e. The van der Waals surface area contributed by atoms with E-state index in [0.717, 1.165) is 4.31 Å². The van der Waals surface area contributed by atoms with Gasteiger partial charge in [-0.3, -0.25) is 0 Å². The van der Waals surface area contributed by atoms with Crippen LogP contribution in [0.1, 0.15) is 11.1 Å². The second-order valence-electron chi connectivity index (χ2n) is 5.71. The zero-order chi connectivity index (χ0) is 18.9. The molecule has 0 aromatic heterocycles. The molecule has 0 radical (unpaired) electrons. The SMILES string of the molecule is CN(C)S(=O)(=O)c1cccc(C2=N/C(=C/c3cccc(Cl)c3)C(=O)O2)c1. The molecular weight excluding hydrogens is 376 g/mol. The lowest BCUT2D eigenvalue weighted by Crippen LogP contribution is -2.22. The fraction of sp³-hybridized carbons (Fsp3) is 0.111. The van der Waals surface area contributed by atoms with Crippen LogP contribution in [0.4, 0.5) is 0 Å². The smallest absolute Gasteiger partial charge is 0.363 e. The third-order valence-electron chi connectivity index (χ3n) is 3.63. The number of esters is 1. The van der Waals surface area contributed by atoms with Crippen LogP contribution in [0, 0.1) is 0 Å². The Morgan fingerprint density at radius 1 is 1.12 bits per heavy atom. The molecule has 0 aliphatic carbocycles. The summed E-state index contributed by atoms with van der Waals surface area (Å²) in [6.45, 7) is 0. The third kappa shape index (κ3) is 3.70. The van der Waals surface area contributed by atoms with E-state index in [1.807, 2.05) is 0 Å². The van der Waals surface area contributed by atoms with Crippen molar-refractivity contribution in [1.82, 2.24) is 4.31 Å². The highest BCUT2D eigenvalue weighted by molar-refractivity contribution is 7.89. The molecule has 0 unspecified atom stereocenters. The summed E-state index contributed by atoms with van der Waals surface area (Å²) in [5.41, 5.74) is 1.22. The standard InChI is InChI=1S/C18H15ClN2O4S/c1-21(2)26(23,24)15-8-4-6-13(11-15)17-20-16(18(22)25-17)10-12-5-3-7-14(19)9-12/h3-11H,1-2H3/b16-10+. The number of ether oxygens (including phenoxy) is 1. The van der Waals surface area contributed by atoms with Gasteiger partial charge in [-0.15, -0.1) is 0 Å². The average molecular weight is 391 g/mol. The Kier molecular flexibility index (Phi) is 4.95. The second-order valence-corrected chi connectivity index (χ2v) is 8.29. The van der Waals surface area contributed by atoms with Crippen molar-refractivity contribution in [2.45, 2.75) is 4.90 Å². The predicted molar refractivity (Wildman–Crippen MR) is 99.4 cm³/mol. The summed E-state index contributed by atoms with van der Waals surface area (Å²) in [6, 6.07) is 13.0. The molecule has 0 bridgehead atoms. The van der Waals surface area contributed by atoms with Crippen molar-refractivity contribution in [3.63, 3.8) is 0 Å². The van der Waals surface area contributed by atoms with Crippen LogP contribution in [0.2, 0.25) is 5.02 Å². The molecule has 0 amide bonds. The van der Waals surface area contributed by atoms with Crippen molar-refractivity contribution < 1.29 is 17.9 Å². The molecule has 26 heavy (non-hydrogen) atoms. The van der Waals surface area contributed by atoms with E-state index in [9.17, 15) is 13.2 Å². The summed E-state index contributed by atoms with van der Waals surface area (Å²) in [4.78, 5) is 16.3. The average Bonchev–Trinajstić information content (AvgIpc) is 2.96. The first kappa shape index (κ1) is 18.3. The van der Waals surface area contributed by atoms with Gasteiger partial charge in [-0.25, -0.2) is 22.5 Å². The van der Waals surface area contributed by atoms with Crippen molar-refractivity contribution in [2.24, 2.45) is 4.99 Å². The van der Waals surface area contributed by atoms with Crippen LogP contribution in [-0.2, 0) is 19.6 Å². The fourth-order valence-electron chi connectivity index (χ4n) is 2.29. The number of nitrogens with zero attached hydrogens (tertiary/aromatic N) is 2. The number of hydrogen-bond acceptors (Lipinski definition) is 5. The van der Waals surface area contributed by atoms with E-state index in [0.29, 0.717) is 16.1 Å². The molecule has 0 N–H and O–H groups in total. The molecule has 1 aliphatic heterocycles. The number of hydrogen-bond donors (Lipinski definition) is 0. The van der Waals surface area contributed by atoms with Gasteiger partial charge in [0.1, 0.15) is 0 Å². The van der Waals surface area contributed by atoms with Gasteiger partial charge >= 0.3 is 5.97 Å². The van der Waals surface area contributed by atoms with E-state index in [-0.39, 0.29) is 16.5 Å². The first-order valence-electron chi connectivity index (χ1n) is 7.58. The normalized spacial score (nSPS) is 16.1. The Balaban J connectivity index is 1.97. The molecule has 2 aromatic carbocycles. The third-order valence-corrected chi connectivity index (χ3v) is 5.68. The van der Waals surface area contributed by atoms with Gasteiger partial charge in [0.2, 0.25) is 15.9 Å².